The lowest BCUT2D eigenvalue weighted by Gasteiger charge is -2.23. The van der Waals surface area contributed by atoms with Crippen molar-refractivity contribution in [2.75, 3.05) is 5.32 Å². The highest BCUT2D eigenvalue weighted by atomic mass is 32.1. The molecule has 0 amide bonds. The third kappa shape index (κ3) is 3.00. The Morgan fingerprint density at radius 1 is 0.889 bits per heavy atom. The van der Waals surface area contributed by atoms with Crippen LogP contribution in [0.1, 0.15) is 32.1 Å². The number of fused-ring (bicyclic) bond motifs is 3. The van der Waals surface area contributed by atoms with E-state index >= 15 is 0 Å². The van der Waals surface area contributed by atoms with Gasteiger partial charge in [-0.1, -0.05) is 55.7 Å². The molecular weight excluding hydrogens is 354 g/mol. The zero-order valence-corrected chi connectivity index (χ0v) is 15.8. The summed E-state index contributed by atoms with van der Waals surface area (Å²) in [6.45, 7) is 0. The summed E-state index contributed by atoms with van der Waals surface area (Å²) in [6, 6.07) is 17.2. The number of hydrogen-bond acceptors (Lipinski definition) is 4. The van der Waals surface area contributed by atoms with Crippen molar-refractivity contribution in [1.82, 2.24) is 19.5 Å². The second-order valence-electron chi connectivity index (χ2n) is 7.15. The Kier molecular flexibility index (Phi) is 4.13. The van der Waals surface area contributed by atoms with E-state index in [0.717, 1.165) is 11.0 Å². The molecule has 6 heteroatoms. The second kappa shape index (κ2) is 6.78. The second-order valence-corrected chi connectivity index (χ2v) is 7.52. The van der Waals surface area contributed by atoms with Crippen LogP contribution in [0.25, 0.3) is 27.8 Å². The number of nitrogens with one attached hydrogen (secondary N) is 2. The molecular formula is C21H21N5S. The standard InChI is InChI=1S/C21H21N5S/c27-21-24-19(22-14-8-2-1-3-9-14)23-20(25-21)26-17-12-6-4-10-15(17)16-11-5-7-13-18(16)26/h4-7,10-14H,1-3,8-9H2,(H2,22,23,24,25,27). The summed E-state index contributed by atoms with van der Waals surface area (Å²) in [7, 11) is 0. The lowest BCUT2D eigenvalue weighted by atomic mass is 9.96. The minimum Gasteiger partial charge on any atom is -0.353 e. The number of aromatic amines is 1. The summed E-state index contributed by atoms with van der Waals surface area (Å²) in [5, 5.41) is 5.94. The van der Waals surface area contributed by atoms with E-state index in [1.165, 1.54) is 42.9 Å². The van der Waals surface area contributed by atoms with Gasteiger partial charge in [-0.25, -0.2) is 0 Å². The topological polar surface area (TPSA) is 58.5 Å². The molecule has 0 saturated heterocycles. The third-order valence-corrected chi connectivity index (χ3v) is 5.56. The van der Waals surface area contributed by atoms with Crippen LogP contribution in [0.15, 0.2) is 48.5 Å². The van der Waals surface area contributed by atoms with Crippen LogP contribution in [0, 0.1) is 4.77 Å². The fourth-order valence-corrected chi connectivity index (χ4v) is 4.32. The van der Waals surface area contributed by atoms with Gasteiger partial charge in [-0.2, -0.15) is 9.97 Å². The molecule has 0 spiro atoms. The number of hydrogen-bond donors (Lipinski definition) is 2. The highest BCUT2D eigenvalue weighted by molar-refractivity contribution is 7.71. The van der Waals surface area contributed by atoms with Gasteiger partial charge in [0.25, 0.3) is 0 Å². The molecule has 2 aromatic heterocycles. The van der Waals surface area contributed by atoms with Crippen LogP contribution >= 0.6 is 12.2 Å². The molecule has 1 saturated carbocycles. The zero-order valence-electron chi connectivity index (χ0n) is 15.0. The van der Waals surface area contributed by atoms with E-state index in [9.17, 15) is 0 Å². The predicted octanol–water partition coefficient (Wildman–Crippen LogP) is 5.38. The Labute approximate surface area is 162 Å². The Bertz CT molecular complexity index is 1120. The van der Waals surface area contributed by atoms with Gasteiger partial charge in [0.05, 0.1) is 11.0 Å². The molecule has 27 heavy (non-hydrogen) atoms. The summed E-state index contributed by atoms with van der Waals surface area (Å²) in [4.78, 5) is 12.3. The van der Waals surface area contributed by atoms with E-state index in [-0.39, 0.29) is 0 Å². The van der Waals surface area contributed by atoms with Crippen molar-refractivity contribution in [3.05, 3.63) is 53.3 Å². The first-order chi connectivity index (χ1) is 13.3. The predicted molar refractivity (Wildman–Crippen MR) is 112 cm³/mol. The first-order valence-electron chi connectivity index (χ1n) is 9.53. The number of rotatable bonds is 3. The largest absolute Gasteiger partial charge is 0.353 e. The number of anilines is 1. The molecule has 4 aromatic rings. The van der Waals surface area contributed by atoms with Crippen LogP contribution in [-0.2, 0) is 0 Å². The lowest BCUT2D eigenvalue weighted by Crippen LogP contribution is -2.24. The SMILES string of the molecule is S=c1nc(NC2CCCCC2)[nH]c(-n2c3ccccc3c3ccccc32)n1. The molecule has 5 nitrogen and oxygen atoms in total. The average Bonchev–Trinajstić information content (AvgIpc) is 3.03. The van der Waals surface area contributed by atoms with Crippen LogP contribution in [0.3, 0.4) is 0 Å². The number of para-hydroxylation sites is 2. The summed E-state index contributed by atoms with van der Waals surface area (Å²) >= 11 is 5.38. The lowest BCUT2D eigenvalue weighted by molar-refractivity contribution is 0.460. The van der Waals surface area contributed by atoms with Crippen molar-refractivity contribution in [1.29, 1.82) is 0 Å². The maximum Gasteiger partial charge on any atom is 0.225 e. The molecule has 0 atom stereocenters. The maximum absolute atomic E-state index is 5.38. The number of nitrogens with zero attached hydrogens (tertiary/aromatic N) is 3. The zero-order chi connectivity index (χ0) is 18.2. The van der Waals surface area contributed by atoms with Gasteiger partial charge in [0.15, 0.2) is 0 Å². The van der Waals surface area contributed by atoms with Crippen molar-refractivity contribution in [2.24, 2.45) is 0 Å². The molecule has 2 aromatic carbocycles. The van der Waals surface area contributed by atoms with Gasteiger partial charge < -0.3 is 5.32 Å². The van der Waals surface area contributed by atoms with Crippen molar-refractivity contribution in [3.8, 4) is 5.95 Å². The van der Waals surface area contributed by atoms with Gasteiger partial charge in [0.1, 0.15) is 0 Å². The van der Waals surface area contributed by atoms with Gasteiger partial charge in [-0.3, -0.25) is 9.55 Å². The molecule has 0 radical (unpaired) electrons. The van der Waals surface area contributed by atoms with Crippen molar-refractivity contribution in [3.63, 3.8) is 0 Å². The number of benzene rings is 2. The van der Waals surface area contributed by atoms with Crippen LogP contribution in [-0.4, -0.2) is 25.6 Å². The van der Waals surface area contributed by atoms with Crippen molar-refractivity contribution in [2.45, 2.75) is 38.1 Å². The van der Waals surface area contributed by atoms with Crippen LogP contribution < -0.4 is 5.32 Å². The molecule has 5 rings (SSSR count). The van der Waals surface area contributed by atoms with Gasteiger partial charge in [0, 0.05) is 16.8 Å². The van der Waals surface area contributed by atoms with E-state index in [1.807, 2.05) is 0 Å². The molecule has 1 aliphatic rings. The molecule has 1 aliphatic carbocycles. The monoisotopic (exact) mass is 375 g/mol. The molecule has 0 aliphatic heterocycles. The van der Waals surface area contributed by atoms with E-state index in [0.29, 0.717) is 22.7 Å². The van der Waals surface area contributed by atoms with E-state index < -0.39 is 0 Å². The first-order valence-corrected chi connectivity index (χ1v) is 9.94. The Balaban J connectivity index is 1.67. The van der Waals surface area contributed by atoms with E-state index in [2.05, 4.69) is 73.4 Å². The van der Waals surface area contributed by atoms with Crippen LogP contribution in [0.4, 0.5) is 5.95 Å². The fourth-order valence-electron chi connectivity index (χ4n) is 4.14. The smallest absolute Gasteiger partial charge is 0.225 e. The molecule has 0 unspecified atom stereocenters. The molecule has 1 fully saturated rings. The van der Waals surface area contributed by atoms with Gasteiger partial charge in [-0.05, 0) is 37.2 Å². The number of H-pyrrole nitrogens is 1. The van der Waals surface area contributed by atoms with E-state index in [4.69, 9.17) is 12.2 Å². The van der Waals surface area contributed by atoms with Gasteiger partial charge >= 0.3 is 0 Å². The molecule has 2 N–H and O–H groups in total. The first kappa shape index (κ1) is 16.4. The minimum atomic E-state index is 0.351. The normalized spacial score (nSPS) is 15.4. The number of aromatic nitrogens is 4. The Hall–Kier alpha value is -2.73. The maximum atomic E-state index is 5.38. The summed E-state index contributed by atoms with van der Waals surface area (Å²) in [5.74, 6) is 1.41. The summed E-state index contributed by atoms with van der Waals surface area (Å²) in [5.41, 5.74) is 2.21. The third-order valence-electron chi connectivity index (χ3n) is 5.38. The quantitative estimate of drug-likeness (QED) is 0.472. The van der Waals surface area contributed by atoms with Crippen LogP contribution in [0.2, 0.25) is 0 Å². The Morgan fingerprint density at radius 3 is 2.19 bits per heavy atom. The van der Waals surface area contributed by atoms with Crippen molar-refractivity contribution < 1.29 is 0 Å². The van der Waals surface area contributed by atoms with Crippen molar-refractivity contribution >= 4 is 40.0 Å². The van der Waals surface area contributed by atoms with Crippen LogP contribution in [0.5, 0.6) is 0 Å². The fraction of sp³-hybridized carbons (Fsp3) is 0.286. The molecule has 0 bridgehead atoms. The van der Waals surface area contributed by atoms with E-state index in [1.54, 1.807) is 0 Å². The van der Waals surface area contributed by atoms with Gasteiger partial charge in [-0.15, -0.1) is 0 Å². The molecule has 2 heterocycles. The summed E-state index contributed by atoms with van der Waals surface area (Å²) < 4.78 is 2.48. The highest BCUT2D eigenvalue weighted by Crippen LogP contribution is 2.30. The van der Waals surface area contributed by atoms with Gasteiger partial charge in [0.2, 0.25) is 16.7 Å². The molecule has 136 valence electrons. The average molecular weight is 376 g/mol. The minimum absolute atomic E-state index is 0.351. The summed E-state index contributed by atoms with van der Waals surface area (Å²) in [6.07, 6.45) is 6.21. The highest BCUT2D eigenvalue weighted by Gasteiger charge is 2.16. The Morgan fingerprint density at radius 2 is 1.52 bits per heavy atom.